The molecular formula is C10H12BrN3O2. The van der Waals surface area contributed by atoms with Gasteiger partial charge in [-0.2, -0.15) is 0 Å². The van der Waals surface area contributed by atoms with Gasteiger partial charge in [-0.05, 0) is 28.4 Å². The van der Waals surface area contributed by atoms with Crippen molar-refractivity contribution in [3.8, 4) is 0 Å². The number of carbonyl (C=O) groups excluding carboxylic acids is 1. The van der Waals surface area contributed by atoms with Crippen molar-refractivity contribution in [1.29, 1.82) is 0 Å². The molecule has 1 aliphatic rings. The van der Waals surface area contributed by atoms with Crippen LogP contribution in [-0.2, 0) is 9.53 Å². The van der Waals surface area contributed by atoms with Crippen LogP contribution < -0.4 is 11.1 Å². The molecule has 0 aromatic carbocycles. The fraction of sp³-hybridized carbons (Fsp3) is 0.400. The molecule has 0 saturated carbocycles. The lowest BCUT2D eigenvalue weighted by molar-refractivity contribution is -0.121. The molecule has 1 aromatic heterocycles. The molecule has 86 valence electrons. The highest BCUT2D eigenvalue weighted by atomic mass is 79.9. The molecule has 1 aromatic rings. The van der Waals surface area contributed by atoms with Crippen LogP contribution in [0.3, 0.4) is 0 Å². The highest BCUT2D eigenvalue weighted by molar-refractivity contribution is 9.10. The molecule has 1 aliphatic heterocycles. The van der Waals surface area contributed by atoms with E-state index in [0.717, 1.165) is 4.47 Å². The molecule has 6 heteroatoms. The molecule has 1 fully saturated rings. The lowest BCUT2D eigenvalue weighted by Gasteiger charge is -2.20. The number of amides is 1. The maximum absolute atomic E-state index is 11.9. The highest BCUT2D eigenvalue weighted by Gasteiger charge is 2.38. The van der Waals surface area contributed by atoms with E-state index in [1.54, 1.807) is 18.5 Å². The monoisotopic (exact) mass is 285 g/mol. The van der Waals surface area contributed by atoms with Crippen LogP contribution >= 0.6 is 15.9 Å². The lowest BCUT2D eigenvalue weighted by atomic mass is 9.99. The minimum absolute atomic E-state index is 0.225. The van der Waals surface area contributed by atoms with Gasteiger partial charge in [0, 0.05) is 19.0 Å². The highest BCUT2D eigenvalue weighted by Crippen LogP contribution is 2.23. The summed E-state index contributed by atoms with van der Waals surface area (Å²) in [5, 5.41) is 2.76. The van der Waals surface area contributed by atoms with Gasteiger partial charge in [-0.15, -0.1) is 0 Å². The Labute approximate surface area is 102 Å². The van der Waals surface area contributed by atoms with E-state index in [1.165, 1.54) is 0 Å². The van der Waals surface area contributed by atoms with Gasteiger partial charge in [0.2, 0.25) is 5.91 Å². The third kappa shape index (κ3) is 2.23. The van der Waals surface area contributed by atoms with E-state index in [9.17, 15) is 4.79 Å². The van der Waals surface area contributed by atoms with Crippen LogP contribution in [0.5, 0.6) is 0 Å². The molecule has 1 unspecified atom stereocenters. The van der Waals surface area contributed by atoms with Gasteiger partial charge in [0.15, 0.2) is 0 Å². The van der Waals surface area contributed by atoms with E-state index in [-0.39, 0.29) is 12.5 Å². The fourth-order valence-corrected chi connectivity index (χ4v) is 1.83. The number of hydrogen-bond donors (Lipinski definition) is 2. The summed E-state index contributed by atoms with van der Waals surface area (Å²) in [6, 6.07) is 1.71. The molecule has 3 N–H and O–H groups in total. The lowest BCUT2D eigenvalue weighted by Crippen LogP contribution is -2.51. The topological polar surface area (TPSA) is 77.2 Å². The van der Waals surface area contributed by atoms with Crippen molar-refractivity contribution < 1.29 is 9.53 Å². The number of hydrogen-bond acceptors (Lipinski definition) is 4. The Balaban J connectivity index is 2.10. The van der Waals surface area contributed by atoms with Gasteiger partial charge < -0.3 is 15.8 Å². The summed E-state index contributed by atoms with van der Waals surface area (Å²) in [5.74, 6) is -0.225. The van der Waals surface area contributed by atoms with Crippen molar-refractivity contribution in [1.82, 2.24) is 4.98 Å². The number of anilines is 1. The molecule has 1 saturated heterocycles. The molecular weight excluding hydrogens is 274 g/mol. The van der Waals surface area contributed by atoms with Gasteiger partial charge in [0.25, 0.3) is 0 Å². The summed E-state index contributed by atoms with van der Waals surface area (Å²) in [7, 11) is 0. The number of nitrogens with two attached hydrogens (primary N) is 1. The molecule has 0 spiro atoms. The van der Waals surface area contributed by atoms with Crippen LogP contribution in [0.2, 0.25) is 0 Å². The number of pyridine rings is 1. The maximum Gasteiger partial charge on any atom is 0.246 e. The SMILES string of the molecule is NC1(C(=O)Nc2ccncc2Br)CCOC1. The van der Waals surface area contributed by atoms with E-state index >= 15 is 0 Å². The van der Waals surface area contributed by atoms with Gasteiger partial charge in [-0.1, -0.05) is 0 Å². The van der Waals surface area contributed by atoms with Gasteiger partial charge in [-0.3, -0.25) is 9.78 Å². The first kappa shape index (κ1) is 11.5. The molecule has 2 rings (SSSR count). The van der Waals surface area contributed by atoms with Gasteiger partial charge in [0.05, 0.1) is 16.8 Å². The van der Waals surface area contributed by atoms with Gasteiger partial charge in [-0.25, -0.2) is 0 Å². The normalized spacial score (nSPS) is 24.4. The van der Waals surface area contributed by atoms with E-state index in [1.807, 2.05) is 0 Å². The molecule has 0 aliphatic carbocycles. The second-order valence-corrected chi connectivity index (χ2v) is 4.62. The van der Waals surface area contributed by atoms with Crippen molar-refractivity contribution in [2.24, 2.45) is 5.73 Å². The standard InChI is InChI=1S/C10H12BrN3O2/c11-7-5-13-3-1-8(7)14-9(15)10(12)2-4-16-6-10/h1,3,5H,2,4,6,12H2,(H,13,14,15). The van der Waals surface area contributed by atoms with E-state index < -0.39 is 5.54 Å². The predicted octanol–water partition coefficient (Wildman–Crippen LogP) is 0.900. The first-order valence-corrected chi connectivity index (χ1v) is 5.69. The second-order valence-electron chi connectivity index (χ2n) is 3.77. The third-order valence-corrected chi connectivity index (χ3v) is 3.16. The summed E-state index contributed by atoms with van der Waals surface area (Å²) < 4.78 is 5.87. The average molecular weight is 286 g/mol. The second kappa shape index (κ2) is 4.48. The van der Waals surface area contributed by atoms with Crippen LogP contribution in [-0.4, -0.2) is 29.6 Å². The largest absolute Gasteiger partial charge is 0.379 e. The molecule has 1 atom stereocenters. The number of ether oxygens (including phenoxy) is 1. The molecule has 5 nitrogen and oxygen atoms in total. The van der Waals surface area contributed by atoms with Crippen molar-refractivity contribution in [2.45, 2.75) is 12.0 Å². The smallest absolute Gasteiger partial charge is 0.246 e. The van der Waals surface area contributed by atoms with Crippen LogP contribution in [0.15, 0.2) is 22.9 Å². The molecule has 0 bridgehead atoms. The van der Waals surface area contributed by atoms with Crippen molar-refractivity contribution >= 4 is 27.5 Å². The summed E-state index contributed by atoms with van der Waals surface area (Å²) >= 11 is 3.30. The van der Waals surface area contributed by atoms with Crippen molar-refractivity contribution in [2.75, 3.05) is 18.5 Å². The number of nitrogens with one attached hydrogen (secondary N) is 1. The molecule has 16 heavy (non-hydrogen) atoms. The molecule has 0 radical (unpaired) electrons. The van der Waals surface area contributed by atoms with Crippen molar-refractivity contribution in [3.05, 3.63) is 22.9 Å². The first-order chi connectivity index (χ1) is 7.62. The Hall–Kier alpha value is -0.980. The zero-order chi connectivity index (χ0) is 11.6. The Morgan fingerprint density at radius 2 is 2.50 bits per heavy atom. The molecule has 1 amide bonds. The Morgan fingerprint density at radius 3 is 3.12 bits per heavy atom. The van der Waals surface area contributed by atoms with Gasteiger partial charge in [0.1, 0.15) is 5.54 Å². The quantitative estimate of drug-likeness (QED) is 0.846. The summed E-state index contributed by atoms with van der Waals surface area (Å²) in [6.07, 6.45) is 3.76. The Kier molecular flexibility index (Phi) is 3.22. The fourth-order valence-electron chi connectivity index (χ4n) is 1.48. The van der Waals surface area contributed by atoms with Crippen LogP contribution in [0, 0.1) is 0 Å². The number of nitrogens with zero attached hydrogens (tertiary/aromatic N) is 1. The number of rotatable bonds is 2. The zero-order valence-corrected chi connectivity index (χ0v) is 10.2. The van der Waals surface area contributed by atoms with E-state index in [2.05, 4.69) is 26.2 Å². The van der Waals surface area contributed by atoms with Gasteiger partial charge >= 0.3 is 0 Å². The minimum atomic E-state index is -0.914. The Morgan fingerprint density at radius 1 is 1.69 bits per heavy atom. The summed E-state index contributed by atoms with van der Waals surface area (Å²) in [5.41, 5.74) is 5.68. The summed E-state index contributed by atoms with van der Waals surface area (Å²) in [6.45, 7) is 0.795. The van der Waals surface area contributed by atoms with E-state index in [4.69, 9.17) is 10.5 Å². The third-order valence-electron chi connectivity index (χ3n) is 2.52. The maximum atomic E-state index is 11.9. The van der Waals surface area contributed by atoms with E-state index in [0.29, 0.717) is 18.7 Å². The number of halogens is 1. The van der Waals surface area contributed by atoms with Crippen LogP contribution in [0.25, 0.3) is 0 Å². The minimum Gasteiger partial charge on any atom is -0.379 e. The summed E-state index contributed by atoms with van der Waals surface area (Å²) in [4.78, 5) is 15.8. The zero-order valence-electron chi connectivity index (χ0n) is 8.57. The van der Waals surface area contributed by atoms with Crippen LogP contribution in [0.1, 0.15) is 6.42 Å². The number of aromatic nitrogens is 1. The van der Waals surface area contributed by atoms with Crippen molar-refractivity contribution in [3.63, 3.8) is 0 Å². The average Bonchev–Trinajstić information content (AvgIpc) is 2.70. The predicted molar refractivity (Wildman–Crippen MR) is 62.9 cm³/mol. The molecule has 2 heterocycles. The Bertz CT molecular complexity index is 405. The number of carbonyl (C=O) groups is 1. The van der Waals surface area contributed by atoms with Crippen LogP contribution in [0.4, 0.5) is 5.69 Å². The first-order valence-electron chi connectivity index (χ1n) is 4.89.